The maximum Gasteiger partial charge on any atom is 0.306 e. The molecule has 0 amide bonds. The Morgan fingerprint density at radius 3 is 2.29 bits per heavy atom. The summed E-state index contributed by atoms with van der Waals surface area (Å²) in [4.78, 5) is 12.9. The fourth-order valence-corrected chi connectivity index (χ4v) is 2.03. The summed E-state index contributed by atoms with van der Waals surface area (Å²) in [6.07, 6.45) is 1.64. The zero-order chi connectivity index (χ0) is 10.9. The normalized spacial score (nSPS) is 27.5. The van der Waals surface area contributed by atoms with Gasteiger partial charge in [0, 0.05) is 12.6 Å². The molecule has 1 rings (SSSR count). The predicted molar refractivity (Wildman–Crippen MR) is 56.2 cm³/mol. The van der Waals surface area contributed by atoms with Crippen molar-refractivity contribution in [3.05, 3.63) is 0 Å². The predicted octanol–water partition coefficient (Wildman–Crippen LogP) is 1.83. The molecule has 3 nitrogen and oxygen atoms in total. The van der Waals surface area contributed by atoms with E-state index < -0.39 is 5.97 Å². The molecule has 14 heavy (non-hydrogen) atoms. The van der Waals surface area contributed by atoms with Gasteiger partial charge in [-0.05, 0) is 25.3 Å². The number of aliphatic carboxylic acids is 1. The second kappa shape index (κ2) is 3.89. The van der Waals surface area contributed by atoms with Crippen LogP contribution in [0.15, 0.2) is 0 Å². The number of hydrogen-bond donors (Lipinski definition) is 1. The summed E-state index contributed by atoms with van der Waals surface area (Å²) in [5.41, 5.74) is 0.295. The fourth-order valence-electron chi connectivity index (χ4n) is 2.03. The Morgan fingerprint density at radius 2 is 1.93 bits per heavy atom. The minimum absolute atomic E-state index is 0.0950. The summed E-state index contributed by atoms with van der Waals surface area (Å²) in [7, 11) is 2.09. The highest BCUT2D eigenvalue weighted by atomic mass is 16.4. The molecule has 1 N–H and O–H groups in total. The van der Waals surface area contributed by atoms with Gasteiger partial charge in [0.15, 0.2) is 0 Å². The Labute approximate surface area is 86.1 Å². The van der Waals surface area contributed by atoms with Gasteiger partial charge in [-0.2, -0.15) is 0 Å². The Bertz CT molecular complexity index is 214. The van der Waals surface area contributed by atoms with E-state index in [9.17, 15) is 4.79 Å². The van der Waals surface area contributed by atoms with Crippen LogP contribution >= 0.6 is 0 Å². The van der Waals surface area contributed by atoms with Crippen LogP contribution in [0.25, 0.3) is 0 Å². The van der Waals surface area contributed by atoms with Gasteiger partial charge in [0.2, 0.25) is 0 Å². The Morgan fingerprint density at radius 1 is 1.43 bits per heavy atom. The number of carboxylic acid groups (broad SMARTS) is 1. The third kappa shape index (κ3) is 2.98. The lowest BCUT2D eigenvalue weighted by atomic mass is 9.79. The average Bonchev–Trinajstić information content (AvgIpc) is 1.75. The van der Waals surface area contributed by atoms with E-state index in [4.69, 9.17) is 5.11 Å². The van der Waals surface area contributed by atoms with Crippen molar-refractivity contribution in [3.8, 4) is 0 Å². The minimum Gasteiger partial charge on any atom is -0.481 e. The van der Waals surface area contributed by atoms with Gasteiger partial charge in [-0.1, -0.05) is 20.8 Å². The molecule has 0 saturated heterocycles. The largest absolute Gasteiger partial charge is 0.481 e. The number of carbonyl (C=O) groups is 1. The molecule has 0 aromatic carbocycles. The molecular formula is C11H21NO2. The van der Waals surface area contributed by atoms with Crippen LogP contribution < -0.4 is 0 Å². The van der Waals surface area contributed by atoms with E-state index in [1.54, 1.807) is 0 Å². The number of hydrogen-bond acceptors (Lipinski definition) is 2. The van der Waals surface area contributed by atoms with Gasteiger partial charge in [-0.3, -0.25) is 4.79 Å². The van der Waals surface area contributed by atoms with Crippen molar-refractivity contribution in [1.82, 2.24) is 4.90 Å². The lowest BCUT2D eigenvalue weighted by Crippen LogP contribution is -2.47. The first-order valence-corrected chi connectivity index (χ1v) is 5.22. The third-order valence-corrected chi connectivity index (χ3v) is 2.81. The van der Waals surface area contributed by atoms with Crippen molar-refractivity contribution in [1.29, 1.82) is 0 Å². The summed E-state index contributed by atoms with van der Waals surface area (Å²) >= 11 is 0. The van der Waals surface area contributed by atoms with Gasteiger partial charge in [0.1, 0.15) is 0 Å². The molecule has 0 spiro atoms. The van der Waals surface area contributed by atoms with Crippen molar-refractivity contribution >= 4 is 5.97 Å². The van der Waals surface area contributed by atoms with E-state index in [0.29, 0.717) is 11.5 Å². The second-order valence-corrected chi connectivity index (χ2v) is 5.64. The Hall–Kier alpha value is -0.570. The standard InChI is InChI=1S/C11H21NO2/c1-11(2,3)7-12(4)9-5-8(6-9)10(13)14/h8-9H,5-7H2,1-4H3,(H,13,14). The molecule has 1 aliphatic rings. The highest BCUT2D eigenvalue weighted by molar-refractivity contribution is 5.71. The molecule has 82 valence electrons. The molecule has 0 unspecified atom stereocenters. The van der Waals surface area contributed by atoms with Gasteiger partial charge in [0.05, 0.1) is 5.92 Å². The van der Waals surface area contributed by atoms with Crippen LogP contribution in [-0.2, 0) is 4.79 Å². The molecule has 0 heterocycles. The van der Waals surface area contributed by atoms with Crippen molar-refractivity contribution in [2.75, 3.05) is 13.6 Å². The minimum atomic E-state index is -0.634. The van der Waals surface area contributed by atoms with Crippen LogP contribution in [0.1, 0.15) is 33.6 Å². The summed E-state index contributed by atoms with van der Waals surface area (Å²) in [5, 5.41) is 8.75. The first-order valence-electron chi connectivity index (χ1n) is 5.22. The van der Waals surface area contributed by atoms with Gasteiger partial charge in [0.25, 0.3) is 0 Å². The smallest absolute Gasteiger partial charge is 0.306 e. The molecule has 0 atom stereocenters. The van der Waals surface area contributed by atoms with Crippen molar-refractivity contribution in [3.63, 3.8) is 0 Å². The van der Waals surface area contributed by atoms with Crippen molar-refractivity contribution < 1.29 is 9.90 Å². The van der Waals surface area contributed by atoms with E-state index >= 15 is 0 Å². The van der Waals surface area contributed by atoms with Gasteiger partial charge in [-0.15, -0.1) is 0 Å². The van der Waals surface area contributed by atoms with Crippen LogP contribution in [0.2, 0.25) is 0 Å². The maximum absolute atomic E-state index is 10.6. The van der Waals surface area contributed by atoms with Crippen LogP contribution in [0.5, 0.6) is 0 Å². The zero-order valence-electron chi connectivity index (χ0n) is 9.58. The zero-order valence-corrected chi connectivity index (χ0v) is 9.58. The summed E-state index contributed by atoms with van der Waals surface area (Å²) in [5.74, 6) is -0.729. The fraction of sp³-hybridized carbons (Fsp3) is 0.909. The lowest BCUT2D eigenvalue weighted by Gasteiger charge is -2.41. The molecule has 3 heteroatoms. The van der Waals surface area contributed by atoms with Crippen LogP contribution in [-0.4, -0.2) is 35.6 Å². The molecule has 0 radical (unpaired) electrons. The Kier molecular flexibility index (Phi) is 3.20. The summed E-state index contributed by atoms with van der Waals surface area (Å²) in [6, 6.07) is 0.482. The number of rotatable bonds is 3. The highest BCUT2D eigenvalue weighted by Gasteiger charge is 2.37. The maximum atomic E-state index is 10.6. The van der Waals surface area contributed by atoms with Crippen molar-refractivity contribution in [2.24, 2.45) is 11.3 Å². The van der Waals surface area contributed by atoms with Crippen LogP contribution in [0, 0.1) is 11.3 Å². The topological polar surface area (TPSA) is 40.5 Å². The first kappa shape index (κ1) is 11.5. The summed E-state index contributed by atoms with van der Waals surface area (Å²) < 4.78 is 0. The Balaban J connectivity index is 2.29. The molecule has 0 aromatic heterocycles. The molecule has 1 saturated carbocycles. The monoisotopic (exact) mass is 199 g/mol. The van der Waals surface area contributed by atoms with E-state index in [1.807, 2.05) is 0 Å². The van der Waals surface area contributed by atoms with Crippen molar-refractivity contribution in [2.45, 2.75) is 39.7 Å². The van der Waals surface area contributed by atoms with Gasteiger partial charge >= 0.3 is 5.97 Å². The highest BCUT2D eigenvalue weighted by Crippen LogP contribution is 2.32. The third-order valence-electron chi connectivity index (χ3n) is 2.81. The van der Waals surface area contributed by atoms with Crippen LogP contribution in [0.3, 0.4) is 0 Å². The van der Waals surface area contributed by atoms with Crippen LogP contribution in [0.4, 0.5) is 0 Å². The molecule has 0 aliphatic heterocycles. The molecule has 0 bridgehead atoms. The van der Waals surface area contributed by atoms with Gasteiger partial charge in [-0.25, -0.2) is 0 Å². The second-order valence-electron chi connectivity index (χ2n) is 5.64. The lowest BCUT2D eigenvalue weighted by molar-refractivity contribution is -0.147. The molecule has 1 fully saturated rings. The van der Waals surface area contributed by atoms with E-state index in [0.717, 1.165) is 19.4 Å². The number of carboxylic acids is 1. The van der Waals surface area contributed by atoms with Gasteiger partial charge < -0.3 is 10.0 Å². The van der Waals surface area contributed by atoms with E-state index in [-0.39, 0.29) is 5.92 Å². The first-order chi connectivity index (χ1) is 6.29. The quantitative estimate of drug-likeness (QED) is 0.754. The van der Waals surface area contributed by atoms with E-state index in [2.05, 4.69) is 32.7 Å². The molecular weight excluding hydrogens is 178 g/mol. The van der Waals surface area contributed by atoms with E-state index in [1.165, 1.54) is 0 Å². The molecule has 1 aliphatic carbocycles. The average molecular weight is 199 g/mol. The summed E-state index contributed by atoms with van der Waals surface area (Å²) in [6.45, 7) is 7.65. The SMILES string of the molecule is CN(CC(C)(C)C)C1CC(C(=O)O)C1. The molecule has 0 aromatic rings. The number of nitrogens with zero attached hydrogens (tertiary/aromatic N) is 1.